The SMILES string of the molecule is CC(C)C(CNC(=O)OC(C)(C)C)c1cccc(C(=O)O)c1. The summed E-state index contributed by atoms with van der Waals surface area (Å²) in [6.07, 6.45) is -0.465. The fourth-order valence-electron chi connectivity index (χ4n) is 2.15. The Bertz CT molecular complexity index is 532. The number of carbonyl (C=O) groups excluding carboxylic acids is 1. The zero-order valence-corrected chi connectivity index (χ0v) is 13.8. The molecule has 1 rings (SSSR count). The number of carboxylic acid groups (broad SMARTS) is 1. The molecule has 0 fully saturated rings. The van der Waals surface area contributed by atoms with Crippen LogP contribution in [0.15, 0.2) is 24.3 Å². The number of rotatable bonds is 5. The Hall–Kier alpha value is -2.04. The van der Waals surface area contributed by atoms with Gasteiger partial charge in [0.05, 0.1) is 5.56 Å². The van der Waals surface area contributed by atoms with Gasteiger partial charge in [-0.15, -0.1) is 0 Å². The van der Waals surface area contributed by atoms with Crippen molar-refractivity contribution in [3.05, 3.63) is 35.4 Å². The Morgan fingerprint density at radius 1 is 1.27 bits per heavy atom. The second-order valence-electron chi connectivity index (χ2n) is 6.66. The third-order valence-electron chi connectivity index (χ3n) is 3.23. The van der Waals surface area contributed by atoms with E-state index < -0.39 is 17.7 Å². The molecule has 22 heavy (non-hydrogen) atoms. The van der Waals surface area contributed by atoms with Crippen LogP contribution < -0.4 is 5.32 Å². The van der Waals surface area contributed by atoms with Gasteiger partial charge in [0.15, 0.2) is 0 Å². The van der Waals surface area contributed by atoms with E-state index in [1.54, 1.807) is 18.2 Å². The van der Waals surface area contributed by atoms with E-state index in [0.29, 0.717) is 6.54 Å². The lowest BCUT2D eigenvalue weighted by molar-refractivity contribution is 0.0521. The monoisotopic (exact) mass is 307 g/mol. The average Bonchev–Trinajstić information content (AvgIpc) is 2.36. The van der Waals surface area contributed by atoms with Crippen molar-refractivity contribution in [2.24, 2.45) is 5.92 Å². The molecule has 0 aliphatic carbocycles. The molecule has 0 aromatic heterocycles. The van der Waals surface area contributed by atoms with Crippen molar-refractivity contribution in [1.82, 2.24) is 5.32 Å². The average molecular weight is 307 g/mol. The highest BCUT2D eigenvalue weighted by molar-refractivity contribution is 5.87. The van der Waals surface area contributed by atoms with Gasteiger partial charge in [0.2, 0.25) is 0 Å². The predicted octanol–water partition coefficient (Wildman–Crippen LogP) is 3.65. The van der Waals surface area contributed by atoms with Crippen molar-refractivity contribution in [2.75, 3.05) is 6.54 Å². The maximum Gasteiger partial charge on any atom is 0.407 e. The highest BCUT2D eigenvalue weighted by atomic mass is 16.6. The third-order valence-corrected chi connectivity index (χ3v) is 3.23. The molecule has 0 radical (unpaired) electrons. The molecule has 5 nitrogen and oxygen atoms in total. The maximum atomic E-state index is 11.8. The zero-order valence-electron chi connectivity index (χ0n) is 13.8. The minimum Gasteiger partial charge on any atom is -0.478 e. The Kier molecular flexibility index (Phi) is 5.97. The molecule has 0 spiro atoms. The van der Waals surface area contributed by atoms with Gasteiger partial charge in [-0.25, -0.2) is 9.59 Å². The van der Waals surface area contributed by atoms with Crippen LogP contribution >= 0.6 is 0 Å². The number of aromatic carboxylic acids is 1. The predicted molar refractivity (Wildman–Crippen MR) is 85.2 cm³/mol. The van der Waals surface area contributed by atoms with Crippen LogP contribution in [0.1, 0.15) is 56.5 Å². The molecular weight excluding hydrogens is 282 g/mol. The minimum absolute atomic E-state index is 0.0202. The van der Waals surface area contributed by atoms with Crippen LogP contribution in [0.25, 0.3) is 0 Å². The molecule has 2 N–H and O–H groups in total. The molecule has 1 unspecified atom stereocenters. The summed E-state index contributed by atoms with van der Waals surface area (Å²) in [5.41, 5.74) is 0.604. The molecule has 1 aromatic rings. The van der Waals surface area contributed by atoms with Crippen molar-refractivity contribution < 1.29 is 19.4 Å². The summed E-state index contributed by atoms with van der Waals surface area (Å²) in [6, 6.07) is 6.82. The van der Waals surface area contributed by atoms with Crippen LogP contribution in [-0.2, 0) is 4.74 Å². The van der Waals surface area contributed by atoms with Gasteiger partial charge in [-0.2, -0.15) is 0 Å². The molecule has 1 amide bonds. The largest absolute Gasteiger partial charge is 0.478 e. The van der Waals surface area contributed by atoms with E-state index in [-0.39, 0.29) is 17.4 Å². The van der Waals surface area contributed by atoms with Crippen molar-refractivity contribution in [2.45, 2.75) is 46.1 Å². The van der Waals surface area contributed by atoms with Gasteiger partial charge >= 0.3 is 12.1 Å². The number of hydrogen-bond donors (Lipinski definition) is 2. The highest BCUT2D eigenvalue weighted by Gasteiger charge is 2.21. The normalized spacial score (nSPS) is 12.8. The molecule has 0 heterocycles. The number of nitrogens with one attached hydrogen (secondary N) is 1. The first kappa shape index (κ1) is 18.0. The maximum absolute atomic E-state index is 11.8. The summed E-state index contributed by atoms with van der Waals surface area (Å²) in [5, 5.41) is 11.8. The van der Waals surface area contributed by atoms with Crippen LogP contribution in [-0.4, -0.2) is 29.3 Å². The molecule has 0 saturated heterocycles. The van der Waals surface area contributed by atoms with Gasteiger partial charge in [-0.05, 0) is 44.4 Å². The van der Waals surface area contributed by atoms with Crippen molar-refractivity contribution in [3.8, 4) is 0 Å². The minimum atomic E-state index is -0.954. The molecule has 0 aliphatic rings. The molecule has 0 saturated carbocycles. The Morgan fingerprint density at radius 3 is 2.41 bits per heavy atom. The van der Waals surface area contributed by atoms with Crippen LogP contribution in [0.2, 0.25) is 0 Å². The van der Waals surface area contributed by atoms with E-state index in [9.17, 15) is 9.59 Å². The van der Waals surface area contributed by atoms with E-state index in [4.69, 9.17) is 9.84 Å². The molecule has 0 aliphatic heterocycles. The van der Waals surface area contributed by atoms with Gasteiger partial charge in [0.25, 0.3) is 0 Å². The summed E-state index contributed by atoms with van der Waals surface area (Å²) >= 11 is 0. The van der Waals surface area contributed by atoms with E-state index in [1.807, 2.05) is 40.7 Å². The van der Waals surface area contributed by atoms with Crippen LogP contribution in [0, 0.1) is 5.92 Å². The molecule has 1 aromatic carbocycles. The second-order valence-corrected chi connectivity index (χ2v) is 6.66. The van der Waals surface area contributed by atoms with E-state index >= 15 is 0 Å². The first-order valence-corrected chi connectivity index (χ1v) is 7.40. The fraction of sp³-hybridized carbons (Fsp3) is 0.529. The van der Waals surface area contributed by atoms with Gasteiger partial charge in [0.1, 0.15) is 5.60 Å². The standard InChI is InChI=1S/C17H25NO4/c1-11(2)14(10-18-16(21)22-17(3,4)5)12-7-6-8-13(9-12)15(19)20/h6-9,11,14H,10H2,1-5H3,(H,18,21)(H,19,20). The number of alkyl carbamates (subject to hydrolysis) is 1. The first-order chi connectivity index (χ1) is 10.1. The smallest absolute Gasteiger partial charge is 0.407 e. The summed E-state index contributed by atoms with van der Waals surface area (Å²) in [4.78, 5) is 22.8. The Labute approximate surface area is 131 Å². The van der Waals surface area contributed by atoms with Crippen LogP contribution in [0.4, 0.5) is 4.79 Å². The summed E-state index contributed by atoms with van der Waals surface area (Å²) in [5.74, 6) is -0.685. The number of ether oxygens (including phenoxy) is 1. The fourth-order valence-corrected chi connectivity index (χ4v) is 2.15. The van der Waals surface area contributed by atoms with E-state index in [1.165, 1.54) is 0 Å². The summed E-state index contributed by atoms with van der Waals surface area (Å²) in [6.45, 7) is 9.90. The molecule has 0 bridgehead atoms. The Balaban J connectivity index is 2.80. The Morgan fingerprint density at radius 2 is 1.91 bits per heavy atom. The van der Waals surface area contributed by atoms with Gasteiger partial charge in [-0.1, -0.05) is 26.0 Å². The summed E-state index contributed by atoms with van der Waals surface area (Å²) in [7, 11) is 0. The van der Waals surface area contributed by atoms with E-state index in [0.717, 1.165) is 5.56 Å². The zero-order chi connectivity index (χ0) is 16.9. The molecular formula is C17H25NO4. The lowest BCUT2D eigenvalue weighted by Gasteiger charge is -2.24. The first-order valence-electron chi connectivity index (χ1n) is 7.40. The van der Waals surface area contributed by atoms with Crippen molar-refractivity contribution in [3.63, 3.8) is 0 Å². The summed E-state index contributed by atoms with van der Waals surface area (Å²) < 4.78 is 5.22. The number of amides is 1. The molecule has 122 valence electrons. The highest BCUT2D eigenvalue weighted by Crippen LogP contribution is 2.24. The topological polar surface area (TPSA) is 75.6 Å². The number of carboxylic acids is 1. The van der Waals surface area contributed by atoms with Gasteiger partial charge < -0.3 is 15.2 Å². The van der Waals surface area contributed by atoms with Crippen LogP contribution in [0.5, 0.6) is 0 Å². The molecule has 5 heteroatoms. The lowest BCUT2D eigenvalue weighted by atomic mass is 9.87. The number of carbonyl (C=O) groups is 2. The van der Waals surface area contributed by atoms with Crippen molar-refractivity contribution in [1.29, 1.82) is 0 Å². The second kappa shape index (κ2) is 7.29. The number of benzene rings is 1. The molecule has 1 atom stereocenters. The van der Waals surface area contributed by atoms with Gasteiger partial charge in [0, 0.05) is 12.5 Å². The van der Waals surface area contributed by atoms with Gasteiger partial charge in [-0.3, -0.25) is 0 Å². The number of hydrogen-bond acceptors (Lipinski definition) is 3. The third kappa shape index (κ3) is 5.76. The quantitative estimate of drug-likeness (QED) is 0.870. The van der Waals surface area contributed by atoms with E-state index in [2.05, 4.69) is 5.32 Å². The van der Waals surface area contributed by atoms with Crippen molar-refractivity contribution >= 4 is 12.1 Å². The lowest BCUT2D eigenvalue weighted by Crippen LogP contribution is -2.35. The van der Waals surface area contributed by atoms with Crippen LogP contribution in [0.3, 0.4) is 0 Å².